The van der Waals surface area contributed by atoms with Gasteiger partial charge in [0.2, 0.25) is 0 Å². The van der Waals surface area contributed by atoms with Crippen molar-refractivity contribution in [3.8, 4) is 0 Å². The molecule has 2 rings (SSSR count). The zero-order chi connectivity index (χ0) is 14.5. The van der Waals surface area contributed by atoms with Crippen molar-refractivity contribution in [2.24, 2.45) is 0 Å². The molecule has 0 amide bonds. The third-order valence-corrected chi connectivity index (χ3v) is 3.37. The number of halogens is 2. The van der Waals surface area contributed by atoms with Crippen LogP contribution >= 0.6 is 11.6 Å². The number of aliphatic hydroxyl groups excluding tert-OH is 1. The SMILES string of the molecule is COCc1ccccc1C(O)Cc1cc(Cl)ccc1F. The first-order valence-corrected chi connectivity index (χ1v) is 6.68. The third-order valence-electron chi connectivity index (χ3n) is 3.13. The molecule has 0 heterocycles. The molecular weight excluding hydrogens is 279 g/mol. The summed E-state index contributed by atoms with van der Waals surface area (Å²) >= 11 is 5.86. The molecule has 106 valence electrons. The molecule has 0 aliphatic heterocycles. The van der Waals surface area contributed by atoms with E-state index in [1.54, 1.807) is 13.2 Å². The van der Waals surface area contributed by atoms with Crippen LogP contribution in [0.4, 0.5) is 4.39 Å². The molecule has 0 radical (unpaired) electrons. The molecule has 1 N–H and O–H groups in total. The van der Waals surface area contributed by atoms with E-state index < -0.39 is 6.10 Å². The Balaban J connectivity index is 2.23. The lowest BCUT2D eigenvalue weighted by atomic mass is 9.97. The highest BCUT2D eigenvalue weighted by molar-refractivity contribution is 6.30. The van der Waals surface area contributed by atoms with Crippen LogP contribution in [0.15, 0.2) is 42.5 Å². The molecule has 2 aromatic rings. The van der Waals surface area contributed by atoms with Crippen LogP contribution in [0.5, 0.6) is 0 Å². The Hall–Kier alpha value is -1.42. The van der Waals surface area contributed by atoms with Gasteiger partial charge in [-0.3, -0.25) is 0 Å². The number of rotatable bonds is 5. The van der Waals surface area contributed by atoms with Crippen molar-refractivity contribution < 1.29 is 14.2 Å². The Morgan fingerprint density at radius 2 is 1.95 bits per heavy atom. The van der Waals surface area contributed by atoms with Gasteiger partial charge in [-0.05, 0) is 34.9 Å². The smallest absolute Gasteiger partial charge is 0.126 e. The van der Waals surface area contributed by atoms with Crippen LogP contribution in [0.2, 0.25) is 5.02 Å². The maximum atomic E-state index is 13.7. The Labute approximate surface area is 122 Å². The highest BCUT2D eigenvalue weighted by Crippen LogP contribution is 2.25. The van der Waals surface area contributed by atoms with Crippen molar-refractivity contribution in [2.45, 2.75) is 19.1 Å². The molecule has 2 nitrogen and oxygen atoms in total. The second-order valence-corrected chi connectivity index (χ2v) is 5.02. The summed E-state index contributed by atoms with van der Waals surface area (Å²) in [5.74, 6) is -0.363. The minimum Gasteiger partial charge on any atom is -0.388 e. The number of hydrogen-bond donors (Lipinski definition) is 1. The summed E-state index contributed by atoms with van der Waals surface area (Å²) in [6, 6.07) is 11.8. The monoisotopic (exact) mass is 294 g/mol. The Morgan fingerprint density at radius 1 is 1.20 bits per heavy atom. The van der Waals surface area contributed by atoms with E-state index in [4.69, 9.17) is 16.3 Å². The van der Waals surface area contributed by atoms with E-state index >= 15 is 0 Å². The van der Waals surface area contributed by atoms with Crippen molar-refractivity contribution >= 4 is 11.6 Å². The minimum atomic E-state index is -0.797. The molecule has 2 aromatic carbocycles. The molecule has 0 aliphatic carbocycles. The van der Waals surface area contributed by atoms with E-state index in [1.165, 1.54) is 12.1 Å². The van der Waals surface area contributed by atoms with E-state index in [-0.39, 0.29) is 12.2 Å². The molecular formula is C16H16ClFO2. The Bertz CT molecular complexity index is 586. The minimum absolute atomic E-state index is 0.174. The van der Waals surface area contributed by atoms with E-state index in [0.29, 0.717) is 17.2 Å². The molecule has 0 aliphatic rings. The first kappa shape index (κ1) is 15.0. The maximum Gasteiger partial charge on any atom is 0.126 e. The first-order valence-electron chi connectivity index (χ1n) is 6.30. The summed E-state index contributed by atoms with van der Waals surface area (Å²) in [7, 11) is 1.60. The number of hydrogen-bond acceptors (Lipinski definition) is 2. The van der Waals surface area contributed by atoms with Crippen molar-refractivity contribution in [3.05, 3.63) is 70.0 Å². The van der Waals surface area contributed by atoms with Gasteiger partial charge in [-0.2, -0.15) is 0 Å². The van der Waals surface area contributed by atoms with Gasteiger partial charge in [0.15, 0.2) is 0 Å². The molecule has 0 bridgehead atoms. The van der Waals surface area contributed by atoms with Gasteiger partial charge in [0, 0.05) is 18.6 Å². The fourth-order valence-electron chi connectivity index (χ4n) is 2.16. The van der Waals surface area contributed by atoms with E-state index in [9.17, 15) is 9.50 Å². The summed E-state index contributed by atoms with van der Waals surface area (Å²) in [5.41, 5.74) is 2.04. The Morgan fingerprint density at radius 3 is 2.70 bits per heavy atom. The summed E-state index contributed by atoms with van der Waals surface area (Å²) in [6.45, 7) is 0.408. The molecule has 0 spiro atoms. The highest BCUT2D eigenvalue weighted by Gasteiger charge is 2.15. The number of benzene rings is 2. The van der Waals surface area contributed by atoms with Crippen LogP contribution < -0.4 is 0 Å². The fraction of sp³-hybridized carbons (Fsp3) is 0.250. The van der Waals surface area contributed by atoms with Crippen LogP contribution in [0, 0.1) is 5.82 Å². The van der Waals surface area contributed by atoms with Gasteiger partial charge in [0.05, 0.1) is 12.7 Å². The van der Waals surface area contributed by atoms with Gasteiger partial charge < -0.3 is 9.84 Å². The molecule has 20 heavy (non-hydrogen) atoms. The lowest BCUT2D eigenvalue weighted by molar-refractivity contribution is 0.161. The molecule has 4 heteroatoms. The van der Waals surface area contributed by atoms with E-state index in [2.05, 4.69) is 0 Å². The zero-order valence-electron chi connectivity index (χ0n) is 11.1. The van der Waals surface area contributed by atoms with Crippen LogP contribution in [0.25, 0.3) is 0 Å². The molecule has 0 aromatic heterocycles. The predicted molar refractivity (Wildman–Crippen MR) is 77.2 cm³/mol. The third kappa shape index (κ3) is 3.57. The largest absolute Gasteiger partial charge is 0.388 e. The summed E-state index contributed by atoms with van der Waals surface area (Å²) in [5, 5.41) is 10.8. The van der Waals surface area contributed by atoms with Crippen LogP contribution in [0.1, 0.15) is 22.8 Å². The zero-order valence-corrected chi connectivity index (χ0v) is 11.9. The van der Waals surface area contributed by atoms with Gasteiger partial charge in [-0.15, -0.1) is 0 Å². The van der Waals surface area contributed by atoms with Gasteiger partial charge in [-0.25, -0.2) is 4.39 Å². The Kier molecular flexibility index (Phi) is 5.12. The number of aliphatic hydroxyl groups is 1. The summed E-state index contributed by atoms with van der Waals surface area (Å²) < 4.78 is 18.8. The number of ether oxygens (including phenoxy) is 1. The van der Waals surface area contributed by atoms with E-state index in [0.717, 1.165) is 11.1 Å². The molecule has 1 unspecified atom stereocenters. The highest BCUT2D eigenvalue weighted by atomic mass is 35.5. The lowest BCUT2D eigenvalue weighted by Gasteiger charge is -2.16. The lowest BCUT2D eigenvalue weighted by Crippen LogP contribution is -2.07. The average Bonchev–Trinajstić information content (AvgIpc) is 2.44. The van der Waals surface area contributed by atoms with Crippen LogP contribution in [-0.2, 0) is 17.8 Å². The maximum absolute atomic E-state index is 13.7. The van der Waals surface area contributed by atoms with Crippen LogP contribution in [0.3, 0.4) is 0 Å². The topological polar surface area (TPSA) is 29.5 Å². The molecule has 0 fully saturated rings. The quantitative estimate of drug-likeness (QED) is 0.906. The summed E-state index contributed by atoms with van der Waals surface area (Å²) in [6.07, 6.45) is -0.623. The predicted octanol–water partition coefficient (Wildman–Crippen LogP) is 3.90. The van der Waals surface area contributed by atoms with Crippen LogP contribution in [-0.4, -0.2) is 12.2 Å². The first-order chi connectivity index (χ1) is 9.61. The van der Waals surface area contributed by atoms with E-state index in [1.807, 2.05) is 24.3 Å². The van der Waals surface area contributed by atoms with Gasteiger partial charge in [-0.1, -0.05) is 35.9 Å². The average molecular weight is 295 g/mol. The van der Waals surface area contributed by atoms with Crippen molar-refractivity contribution in [3.63, 3.8) is 0 Å². The standard InChI is InChI=1S/C16H16ClFO2/c1-20-10-11-4-2-3-5-14(11)16(19)9-12-8-13(17)6-7-15(12)18/h2-8,16,19H,9-10H2,1H3. The van der Waals surface area contributed by atoms with Crippen molar-refractivity contribution in [1.29, 1.82) is 0 Å². The van der Waals surface area contributed by atoms with Crippen molar-refractivity contribution in [1.82, 2.24) is 0 Å². The fourth-order valence-corrected chi connectivity index (χ4v) is 2.36. The van der Waals surface area contributed by atoms with Gasteiger partial charge in [0.25, 0.3) is 0 Å². The second-order valence-electron chi connectivity index (χ2n) is 4.59. The number of methoxy groups -OCH3 is 1. The normalized spacial score (nSPS) is 12.4. The van der Waals surface area contributed by atoms with Gasteiger partial charge in [0.1, 0.15) is 5.82 Å². The molecule has 0 saturated heterocycles. The van der Waals surface area contributed by atoms with Crippen molar-refractivity contribution in [2.75, 3.05) is 7.11 Å². The summed E-state index contributed by atoms with van der Waals surface area (Å²) in [4.78, 5) is 0. The second kappa shape index (κ2) is 6.84. The van der Waals surface area contributed by atoms with Gasteiger partial charge >= 0.3 is 0 Å². The molecule has 0 saturated carbocycles. The molecule has 1 atom stereocenters.